The van der Waals surface area contributed by atoms with Gasteiger partial charge in [-0.05, 0) is 48.7 Å². The van der Waals surface area contributed by atoms with Gasteiger partial charge in [0, 0.05) is 18.3 Å². The van der Waals surface area contributed by atoms with Crippen molar-refractivity contribution in [2.45, 2.75) is 13.3 Å². The standard InChI is InChI=1S/C20H21NO3/c1-3-24-18-10-8-15(14-19(18)23-2)9-11-20(22)21-13-12-16-6-4-5-7-17(16)21/h4-11,14H,3,12-13H2,1-2H3/b11-9+. The van der Waals surface area contributed by atoms with Gasteiger partial charge in [0.05, 0.1) is 13.7 Å². The lowest BCUT2D eigenvalue weighted by atomic mass is 10.1. The van der Waals surface area contributed by atoms with Crippen molar-refractivity contribution in [2.75, 3.05) is 25.2 Å². The van der Waals surface area contributed by atoms with E-state index in [1.54, 1.807) is 13.2 Å². The third kappa shape index (κ3) is 3.27. The monoisotopic (exact) mass is 323 g/mol. The first-order valence-electron chi connectivity index (χ1n) is 8.11. The molecular formula is C20H21NO3. The number of benzene rings is 2. The minimum absolute atomic E-state index is 0.00667. The molecule has 0 atom stereocenters. The molecular weight excluding hydrogens is 302 g/mol. The lowest BCUT2D eigenvalue weighted by Gasteiger charge is -2.14. The summed E-state index contributed by atoms with van der Waals surface area (Å²) in [5, 5.41) is 0. The van der Waals surface area contributed by atoms with E-state index in [0.29, 0.717) is 18.1 Å². The number of nitrogens with zero attached hydrogens (tertiary/aromatic N) is 1. The average molecular weight is 323 g/mol. The van der Waals surface area contributed by atoms with Gasteiger partial charge in [-0.15, -0.1) is 0 Å². The van der Waals surface area contributed by atoms with Crippen molar-refractivity contribution in [2.24, 2.45) is 0 Å². The van der Waals surface area contributed by atoms with E-state index in [0.717, 1.165) is 24.2 Å². The zero-order chi connectivity index (χ0) is 16.9. The normalized spacial score (nSPS) is 13.2. The Bertz CT molecular complexity index is 767. The molecule has 2 aromatic rings. The Morgan fingerprint density at radius 3 is 2.83 bits per heavy atom. The summed E-state index contributed by atoms with van der Waals surface area (Å²) in [4.78, 5) is 14.3. The predicted molar refractivity (Wildman–Crippen MR) is 95.7 cm³/mol. The molecule has 0 radical (unpaired) electrons. The van der Waals surface area contributed by atoms with E-state index in [1.807, 2.05) is 54.3 Å². The van der Waals surface area contributed by atoms with Crippen LogP contribution in [0.5, 0.6) is 11.5 Å². The molecule has 1 heterocycles. The van der Waals surface area contributed by atoms with Crippen LogP contribution in [0.25, 0.3) is 6.08 Å². The zero-order valence-electron chi connectivity index (χ0n) is 14.0. The fourth-order valence-corrected chi connectivity index (χ4v) is 2.89. The molecule has 4 nitrogen and oxygen atoms in total. The molecule has 0 spiro atoms. The maximum absolute atomic E-state index is 12.5. The van der Waals surface area contributed by atoms with Gasteiger partial charge in [0.1, 0.15) is 0 Å². The first-order chi connectivity index (χ1) is 11.7. The van der Waals surface area contributed by atoms with Crippen molar-refractivity contribution in [1.29, 1.82) is 0 Å². The fraction of sp³-hybridized carbons (Fsp3) is 0.250. The van der Waals surface area contributed by atoms with Gasteiger partial charge in [0.15, 0.2) is 11.5 Å². The number of hydrogen-bond donors (Lipinski definition) is 0. The maximum atomic E-state index is 12.5. The van der Waals surface area contributed by atoms with Crippen LogP contribution in [-0.4, -0.2) is 26.2 Å². The summed E-state index contributed by atoms with van der Waals surface area (Å²) in [6.07, 6.45) is 4.32. The molecule has 0 unspecified atom stereocenters. The predicted octanol–water partition coefficient (Wildman–Crippen LogP) is 3.70. The summed E-state index contributed by atoms with van der Waals surface area (Å²) >= 11 is 0. The highest BCUT2D eigenvalue weighted by Crippen LogP contribution is 2.29. The highest BCUT2D eigenvalue weighted by atomic mass is 16.5. The second-order valence-electron chi connectivity index (χ2n) is 5.55. The van der Waals surface area contributed by atoms with Crippen molar-refractivity contribution in [3.05, 3.63) is 59.7 Å². The average Bonchev–Trinajstić information content (AvgIpc) is 3.05. The first-order valence-corrected chi connectivity index (χ1v) is 8.11. The van der Waals surface area contributed by atoms with Gasteiger partial charge in [-0.2, -0.15) is 0 Å². The summed E-state index contributed by atoms with van der Waals surface area (Å²) in [5.41, 5.74) is 3.13. The van der Waals surface area contributed by atoms with Crippen LogP contribution < -0.4 is 14.4 Å². The van der Waals surface area contributed by atoms with Crippen LogP contribution >= 0.6 is 0 Å². The molecule has 24 heavy (non-hydrogen) atoms. The second kappa shape index (κ2) is 7.21. The zero-order valence-corrected chi connectivity index (χ0v) is 14.0. The Morgan fingerprint density at radius 2 is 2.04 bits per heavy atom. The molecule has 0 aromatic heterocycles. The number of amides is 1. The van der Waals surface area contributed by atoms with Crippen LogP contribution in [0.2, 0.25) is 0 Å². The molecule has 0 bridgehead atoms. The molecule has 0 aliphatic carbocycles. The molecule has 0 saturated carbocycles. The molecule has 1 aliphatic heterocycles. The largest absolute Gasteiger partial charge is 0.493 e. The third-order valence-electron chi connectivity index (χ3n) is 4.06. The van der Waals surface area contributed by atoms with Crippen LogP contribution in [-0.2, 0) is 11.2 Å². The highest BCUT2D eigenvalue weighted by molar-refractivity contribution is 6.05. The first kappa shape index (κ1) is 16.1. The molecule has 1 amide bonds. The minimum Gasteiger partial charge on any atom is -0.493 e. The number of rotatable bonds is 5. The van der Waals surface area contributed by atoms with Gasteiger partial charge in [-0.3, -0.25) is 4.79 Å². The van der Waals surface area contributed by atoms with Gasteiger partial charge in [0.25, 0.3) is 5.91 Å². The summed E-state index contributed by atoms with van der Waals surface area (Å²) in [6, 6.07) is 13.7. The Morgan fingerprint density at radius 1 is 1.21 bits per heavy atom. The molecule has 124 valence electrons. The number of carbonyl (C=O) groups excluding carboxylic acids is 1. The summed E-state index contributed by atoms with van der Waals surface area (Å²) in [5.74, 6) is 1.36. The van der Waals surface area contributed by atoms with Crippen LogP contribution in [0.1, 0.15) is 18.1 Å². The summed E-state index contributed by atoms with van der Waals surface area (Å²) in [7, 11) is 1.61. The maximum Gasteiger partial charge on any atom is 0.251 e. The van der Waals surface area contributed by atoms with Crippen molar-refractivity contribution < 1.29 is 14.3 Å². The molecule has 0 fully saturated rings. The number of anilines is 1. The van der Waals surface area contributed by atoms with E-state index >= 15 is 0 Å². The van der Waals surface area contributed by atoms with Crippen molar-refractivity contribution in [3.8, 4) is 11.5 Å². The number of ether oxygens (including phenoxy) is 2. The minimum atomic E-state index is -0.00667. The molecule has 0 N–H and O–H groups in total. The third-order valence-corrected chi connectivity index (χ3v) is 4.06. The summed E-state index contributed by atoms with van der Waals surface area (Å²) in [6.45, 7) is 3.24. The Kier molecular flexibility index (Phi) is 4.85. The number of hydrogen-bond acceptors (Lipinski definition) is 3. The van der Waals surface area contributed by atoms with Gasteiger partial charge >= 0.3 is 0 Å². The highest BCUT2D eigenvalue weighted by Gasteiger charge is 2.22. The van der Waals surface area contributed by atoms with E-state index in [2.05, 4.69) is 6.07 Å². The summed E-state index contributed by atoms with van der Waals surface area (Å²) < 4.78 is 10.8. The second-order valence-corrected chi connectivity index (χ2v) is 5.55. The Hall–Kier alpha value is -2.75. The van der Waals surface area contributed by atoms with E-state index in [1.165, 1.54) is 5.56 Å². The lowest BCUT2D eigenvalue weighted by molar-refractivity contribution is -0.114. The van der Waals surface area contributed by atoms with Gasteiger partial charge in [0.2, 0.25) is 0 Å². The molecule has 1 aliphatic rings. The number of carbonyl (C=O) groups is 1. The fourth-order valence-electron chi connectivity index (χ4n) is 2.89. The van der Waals surface area contributed by atoms with Crippen molar-refractivity contribution >= 4 is 17.7 Å². The molecule has 4 heteroatoms. The van der Waals surface area contributed by atoms with Crippen LogP contribution in [0, 0.1) is 0 Å². The molecule has 3 rings (SSSR count). The van der Waals surface area contributed by atoms with E-state index in [9.17, 15) is 4.79 Å². The smallest absolute Gasteiger partial charge is 0.251 e. The van der Waals surface area contributed by atoms with Crippen molar-refractivity contribution in [1.82, 2.24) is 0 Å². The van der Waals surface area contributed by atoms with Gasteiger partial charge < -0.3 is 14.4 Å². The Labute approximate surface area is 142 Å². The van der Waals surface area contributed by atoms with Gasteiger partial charge in [-0.25, -0.2) is 0 Å². The number of para-hydroxylation sites is 1. The van der Waals surface area contributed by atoms with Crippen LogP contribution in [0.3, 0.4) is 0 Å². The van der Waals surface area contributed by atoms with E-state index in [-0.39, 0.29) is 5.91 Å². The van der Waals surface area contributed by atoms with Crippen molar-refractivity contribution in [3.63, 3.8) is 0 Å². The SMILES string of the molecule is CCOc1ccc(/C=C/C(=O)N2CCc3ccccc32)cc1OC. The number of fused-ring (bicyclic) bond motifs is 1. The molecule has 0 saturated heterocycles. The topological polar surface area (TPSA) is 38.8 Å². The lowest BCUT2D eigenvalue weighted by Crippen LogP contribution is -2.26. The molecule has 2 aromatic carbocycles. The van der Waals surface area contributed by atoms with E-state index in [4.69, 9.17) is 9.47 Å². The Balaban J connectivity index is 1.75. The van der Waals surface area contributed by atoms with E-state index < -0.39 is 0 Å². The van der Waals surface area contributed by atoms with Crippen LogP contribution in [0.15, 0.2) is 48.5 Å². The van der Waals surface area contributed by atoms with Crippen LogP contribution in [0.4, 0.5) is 5.69 Å². The quantitative estimate of drug-likeness (QED) is 0.788. The number of methoxy groups -OCH3 is 1. The van der Waals surface area contributed by atoms with Gasteiger partial charge in [-0.1, -0.05) is 24.3 Å².